The topological polar surface area (TPSA) is 61.9 Å². The average molecular weight is 540 g/mol. The van der Waals surface area contributed by atoms with Gasteiger partial charge in [0.2, 0.25) is 5.91 Å². The third kappa shape index (κ3) is 6.64. The first-order chi connectivity index (χ1) is 17.9. The van der Waals surface area contributed by atoms with E-state index in [1.165, 1.54) is 29.2 Å². The Hall–Kier alpha value is -3.49. The van der Waals surface area contributed by atoms with Crippen LogP contribution in [0.3, 0.4) is 0 Å². The van der Waals surface area contributed by atoms with Crippen molar-refractivity contribution >= 4 is 52.1 Å². The molecule has 0 radical (unpaired) electrons. The summed E-state index contributed by atoms with van der Waals surface area (Å²) in [7, 11) is 0. The van der Waals surface area contributed by atoms with Crippen molar-refractivity contribution in [3.8, 4) is 5.75 Å². The summed E-state index contributed by atoms with van der Waals surface area (Å²) in [5.74, 6) is -0.338. The number of ether oxygens (including phenoxy) is 1. The molecule has 0 aromatic heterocycles. The predicted molar refractivity (Wildman–Crippen MR) is 148 cm³/mol. The van der Waals surface area contributed by atoms with Crippen molar-refractivity contribution in [3.05, 3.63) is 89.2 Å². The van der Waals surface area contributed by atoms with E-state index in [-0.39, 0.29) is 23.3 Å². The number of amides is 2. The molecule has 1 aliphatic rings. The molecule has 1 fully saturated rings. The summed E-state index contributed by atoms with van der Waals surface area (Å²) in [6.07, 6.45) is 1.41. The van der Waals surface area contributed by atoms with E-state index in [0.717, 1.165) is 17.7 Å². The molecule has 1 unspecified atom stereocenters. The van der Waals surface area contributed by atoms with Gasteiger partial charge in [-0.3, -0.25) is 14.5 Å². The summed E-state index contributed by atoms with van der Waals surface area (Å²) in [5, 5.41) is 3.77. The fraction of sp³-hybridized carbons (Fsp3) is 0.250. The zero-order chi connectivity index (χ0) is 26.4. The van der Waals surface area contributed by atoms with Gasteiger partial charge in [-0.2, -0.15) is 0 Å². The van der Waals surface area contributed by atoms with Gasteiger partial charge in [0.25, 0.3) is 5.91 Å². The lowest BCUT2D eigenvalue weighted by molar-refractivity contribution is -0.124. The molecule has 2 amide bonds. The summed E-state index contributed by atoms with van der Waals surface area (Å²) in [6.45, 7) is 3.07. The zero-order valence-corrected chi connectivity index (χ0v) is 21.9. The Morgan fingerprint density at radius 3 is 2.38 bits per heavy atom. The summed E-state index contributed by atoms with van der Waals surface area (Å²) < 4.78 is 19.1. The normalized spacial score (nSPS) is 15.3. The summed E-state index contributed by atoms with van der Waals surface area (Å²) in [6, 6.07) is 19.3. The second-order valence-corrected chi connectivity index (χ2v) is 9.45. The third-order valence-corrected chi connectivity index (χ3v) is 6.62. The van der Waals surface area contributed by atoms with Crippen LogP contribution in [0.2, 0.25) is 5.02 Å². The van der Waals surface area contributed by atoms with Crippen LogP contribution in [0.1, 0.15) is 25.3 Å². The molecule has 4 rings (SSSR count). The van der Waals surface area contributed by atoms with Gasteiger partial charge in [0.15, 0.2) is 5.11 Å². The van der Waals surface area contributed by atoms with Crippen LogP contribution in [0.5, 0.6) is 5.75 Å². The van der Waals surface area contributed by atoms with Crippen LogP contribution in [0.15, 0.2) is 72.8 Å². The Morgan fingerprint density at radius 2 is 1.73 bits per heavy atom. The molecule has 192 valence electrons. The van der Waals surface area contributed by atoms with Gasteiger partial charge in [-0.25, -0.2) is 4.39 Å². The Labute approximate surface area is 226 Å². The Kier molecular flexibility index (Phi) is 8.74. The van der Waals surface area contributed by atoms with E-state index in [4.69, 9.17) is 28.6 Å². The van der Waals surface area contributed by atoms with Gasteiger partial charge < -0.3 is 15.0 Å². The zero-order valence-electron chi connectivity index (χ0n) is 20.3. The first-order valence-corrected chi connectivity index (χ1v) is 12.8. The van der Waals surface area contributed by atoms with Gasteiger partial charge in [0.1, 0.15) is 17.6 Å². The van der Waals surface area contributed by atoms with E-state index in [1.54, 1.807) is 41.3 Å². The number of rotatable bonds is 10. The Bertz CT molecular complexity index is 1250. The highest BCUT2D eigenvalue weighted by atomic mass is 35.5. The molecule has 9 heteroatoms. The number of nitrogens with zero attached hydrogens (tertiary/aromatic N) is 2. The van der Waals surface area contributed by atoms with E-state index >= 15 is 0 Å². The fourth-order valence-corrected chi connectivity index (χ4v) is 4.60. The minimum Gasteiger partial charge on any atom is -0.494 e. The standard InChI is InChI=1S/C28H27ClFN3O3S/c1-2-17-36-24-13-9-22(10-14-24)31-26(34)18-25-27(35)33(23-11-7-21(30)8-12-23)28(37)32(25)16-15-19-3-5-20(29)6-4-19/h3-14,25H,2,15-18H2,1H3,(H,31,34). The lowest BCUT2D eigenvalue weighted by Gasteiger charge is -2.24. The summed E-state index contributed by atoms with van der Waals surface area (Å²) in [4.78, 5) is 29.6. The lowest BCUT2D eigenvalue weighted by atomic mass is 10.1. The van der Waals surface area contributed by atoms with Gasteiger partial charge in [-0.05, 0) is 91.3 Å². The maximum absolute atomic E-state index is 13.5. The highest BCUT2D eigenvalue weighted by Crippen LogP contribution is 2.28. The number of halogens is 2. The molecule has 3 aromatic carbocycles. The number of carbonyl (C=O) groups excluding carboxylic acids is 2. The minimum absolute atomic E-state index is 0.0919. The van der Waals surface area contributed by atoms with Crippen molar-refractivity contribution < 1.29 is 18.7 Å². The molecule has 1 heterocycles. The Balaban J connectivity index is 1.50. The fourth-order valence-electron chi connectivity index (χ4n) is 4.06. The first kappa shape index (κ1) is 26.6. The number of nitrogens with one attached hydrogen (secondary N) is 1. The van der Waals surface area contributed by atoms with Crippen LogP contribution in [-0.4, -0.2) is 41.0 Å². The quantitative estimate of drug-likeness (QED) is 0.328. The molecule has 6 nitrogen and oxygen atoms in total. The molecule has 3 aromatic rings. The van der Waals surface area contributed by atoms with E-state index in [1.807, 2.05) is 19.1 Å². The maximum Gasteiger partial charge on any atom is 0.256 e. The number of benzene rings is 3. The van der Waals surface area contributed by atoms with Crippen LogP contribution in [-0.2, 0) is 16.0 Å². The van der Waals surface area contributed by atoms with Crippen LogP contribution in [0, 0.1) is 5.82 Å². The van der Waals surface area contributed by atoms with Crippen LogP contribution in [0.25, 0.3) is 0 Å². The molecular formula is C28H27ClFN3O3S. The first-order valence-electron chi connectivity index (χ1n) is 12.0. The Morgan fingerprint density at radius 1 is 1.05 bits per heavy atom. The molecule has 1 aliphatic heterocycles. The number of anilines is 2. The van der Waals surface area contributed by atoms with Crippen molar-refractivity contribution in [2.75, 3.05) is 23.4 Å². The maximum atomic E-state index is 13.5. The van der Waals surface area contributed by atoms with Gasteiger partial charge in [-0.15, -0.1) is 0 Å². The second-order valence-electron chi connectivity index (χ2n) is 8.64. The summed E-state index contributed by atoms with van der Waals surface area (Å²) >= 11 is 11.7. The van der Waals surface area contributed by atoms with E-state index in [0.29, 0.717) is 36.0 Å². The van der Waals surface area contributed by atoms with E-state index in [2.05, 4.69) is 5.32 Å². The van der Waals surface area contributed by atoms with E-state index < -0.39 is 11.9 Å². The molecule has 37 heavy (non-hydrogen) atoms. The van der Waals surface area contributed by atoms with Gasteiger partial charge in [0.05, 0.1) is 18.7 Å². The molecule has 0 aliphatic carbocycles. The van der Waals surface area contributed by atoms with Crippen LogP contribution >= 0.6 is 23.8 Å². The van der Waals surface area contributed by atoms with Crippen LogP contribution in [0.4, 0.5) is 15.8 Å². The lowest BCUT2D eigenvalue weighted by Crippen LogP contribution is -2.39. The van der Waals surface area contributed by atoms with Crippen molar-refractivity contribution in [2.45, 2.75) is 32.2 Å². The molecule has 0 spiro atoms. The van der Waals surface area contributed by atoms with Gasteiger partial charge in [0, 0.05) is 17.3 Å². The molecule has 0 bridgehead atoms. The SMILES string of the molecule is CCCOc1ccc(NC(=O)CC2C(=O)N(c3ccc(F)cc3)C(=S)N2CCc2ccc(Cl)cc2)cc1. The van der Waals surface area contributed by atoms with Crippen molar-refractivity contribution in [1.29, 1.82) is 0 Å². The third-order valence-electron chi connectivity index (χ3n) is 5.95. The second kappa shape index (κ2) is 12.2. The van der Waals surface area contributed by atoms with Gasteiger partial charge in [-0.1, -0.05) is 30.7 Å². The predicted octanol–water partition coefficient (Wildman–Crippen LogP) is 5.84. The summed E-state index contributed by atoms with van der Waals surface area (Å²) in [5.41, 5.74) is 2.08. The van der Waals surface area contributed by atoms with Crippen molar-refractivity contribution in [2.24, 2.45) is 0 Å². The largest absolute Gasteiger partial charge is 0.494 e. The number of hydrogen-bond donors (Lipinski definition) is 1. The number of thiocarbonyl (C=S) groups is 1. The van der Waals surface area contributed by atoms with Crippen molar-refractivity contribution in [1.82, 2.24) is 4.90 Å². The van der Waals surface area contributed by atoms with Crippen LogP contribution < -0.4 is 15.0 Å². The smallest absolute Gasteiger partial charge is 0.256 e. The number of carbonyl (C=O) groups is 2. The van der Waals surface area contributed by atoms with Gasteiger partial charge >= 0.3 is 0 Å². The molecule has 1 atom stereocenters. The minimum atomic E-state index is -0.794. The molecule has 1 saturated heterocycles. The average Bonchev–Trinajstić information content (AvgIpc) is 3.12. The molecule has 1 N–H and O–H groups in total. The highest BCUT2D eigenvalue weighted by Gasteiger charge is 2.43. The monoisotopic (exact) mass is 539 g/mol. The van der Waals surface area contributed by atoms with Crippen molar-refractivity contribution in [3.63, 3.8) is 0 Å². The molecular weight excluding hydrogens is 513 g/mol. The number of hydrogen-bond acceptors (Lipinski definition) is 4. The van der Waals surface area contributed by atoms with E-state index in [9.17, 15) is 14.0 Å². The molecule has 0 saturated carbocycles. The highest BCUT2D eigenvalue weighted by molar-refractivity contribution is 7.80.